The van der Waals surface area contributed by atoms with E-state index in [9.17, 15) is 0 Å². The first-order chi connectivity index (χ1) is 8.85. The fourth-order valence-corrected chi connectivity index (χ4v) is 2.53. The van der Waals surface area contributed by atoms with Crippen LogP contribution in [-0.4, -0.2) is 9.97 Å². The molecule has 3 rings (SSSR count). The van der Waals surface area contributed by atoms with Gasteiger partial charge in [0.15, 0.2) is 0 Å². The minimum Gasteiger partial charge on any atom is -0.431 e. The van der Waals surface area contributed by atoms with Gasteiger partial charge in [-0.15, -0.1) is 11.6 Å². The van der Waals surface area contributed by atoms with Gasteiger partial charge in [0.2, 0.25) is 0 Å². The molecule has 0 radical (unpaired) electrons. The molecular weight excluding hydrogens is 268 g/mol. The monoisotopic (exact) mass is 276 g/mol. The summed E-state index contributed by atoms with van der Waals surface area (Å²) in [5, 5.41) is 0.622. The van der Waals surface area contributed by atoms with E-state index in [1.807, 2.05) is 30.3 Å². The molecule has 0 amide bonds. The molecule has 0 saturated carbocycles. The molecule has 5 heteroatoms. The maximum absolute atomic E-state index is 5.73. The zero-order valence-electron chi connectivity index (χ0n) is 9.34. The van der Waals surface area contributed by atoms with E-state index in [1.165, 1.54) is 11.3 Å². The number of alkyl halides is 1. The Kier molecular flexibility index (Phi) is 3.13. The molecule has 3 aromatic rings. The summed E-state index contributed by atoms with van der Waals surface area (Å²) in [6, 6.07) is 9.59. The van der Waals surface area contributed by atoms with Crippen LogP contribution in [0.3, 0.4) is 0 Å². The summed E-state index contributed by atoms with van der Waals surface area (Å²) in [5.41, 5.74) is 1.92. The van der Waals surface area contributed by atoms with E-state index < -0.39 is 0 Å². The number of hydrogen-bond donors (Lipinski definition) is 0. The number of rotatable bonds is 3. The van der Waals surface area contributed by atoms with Crippen molar-refractivity contribution in [3.63, 3.8) is 0 Å². The number of fused-ring (bicyclic) bond motifs is 1. The normalized spacial score (nSPS) is 10.7. The van der Waals surface area contributed by atoms with Crippen LogP contribution in [0.25, 0.3) is 10.2 Å². The topological polar surface area (TPSA) is 35.0 Å². The number of nitrogens with zero attached hydrogens (tertiary/aromatic N) is 2. The molecule has 2 aromatic heterocycles. The zero-order chi connectivity index (χ0) is 12.4. The Morgan fingerprint density at radius 3 is 2.72 bits per heavy atom. The molecule has 0 aliphatic heterocycles. The Balaban J connectivity index is 1.86. The van der Waals surface area contributed by atoms with Gasteiger partial charge in [0.1, 0.15) is 11.3 Å². The van der Waals surface area contributed by atoms with Gasteiger partial charge in [0, 0.05) is 12.1 Å². The average molecular weight is 277 g/mol. The molecule has 0 N–H and O–H groups in total. The molecular formula is C13H9ClN2OS. The number of pyridine rings is 1. The van der Waals surface area contributed by atoms with Crippen molar-refractivity contribution in [1.29, 1.82) is 0 Å². The maximum Gasteiger partial charge on any atom is 0.279 e. The van der Waals surface area contributed by atoms with Crippen molar-refractivity contribution in [2.24, 2.45) is 0 Å². The Hall–Kier alpha value is -1.65. The van der Waals surface area contributed by atoms with E-state index in [0.717, 1.165) is 21.5 Å². The van der Waals surface area contributed by atoms with E-state index in [1.54, 1.807) is 12.4 Å². The van der Waals surface area contributed by atoms with E-state index in [0.29, 0.717) is 11.1 Å². The van der Waals surface area contributed by atoms with Crippen LogP contribution in [0.1, 0.15) is 5.56 Å². The van der Waals surface area contributed by atoms with Crippen LogP contribution in [0.15, 0.2) is 42.7 Å². The summed E-state index contributed by atoms with van der Waals surface area (Å²) in [5.74, 6) is 1.27. The van der Waals surface area contributed by atoms with Crippen LogP contribution in [0, 0.1) is 0 Å². The molecule has 0 aliphatic carbocycles. The van der Waals surface area contributed by atoms with Crippen LogP contribution in [-0.2, 0) is 5.88 Å². The van der Waals surface area contributed by atoms with E-state index in [4.69, 9.17) is 16.3 Å². The molecule has 18 heavy (non-hydrogen) atoms. The van der Waals surface area contributed by atoms with Crippen LogP contribution >= 0.6 is 22.9 Å². The SMILES string of the molecule is ClCc1ccc(Oc2nc3cnccc3s2)cc1. The number of aromatic nitrogens is 2. The first kappa shape index (κ1) is 11.4. The summed E-state index contributed by atoms with van der Waals surface area (Å²) < 4.78 is 6.77. The molecule has 0 atom stereocenters. The third-order valence-corrected chi connectivity index (χ3v) is 3.68. The van der Waals surface area contributed by atoms with Gasteiger partial charge in [-0.1, -0.05) is 23.5 Å². The molecule has 3 nitrogen and oxygen atoms in total. The largest absolute Gasteiger partial charge is 0.431 e. The van der Waals surface area contributed by atoms with E-state index >= 15 is 0 Å². The van der Waals surface area contributed by atoms with Crippen LogP contribution < -0.4 is 4.74 Å². The first-order valence-electron chi connectivity index (χ1n) is 5.38. The third kappa shape index (κ3) is 2.30. The molecule has 0 saturated heterocycles. The standard InChI is InChI=1S/C13H9ClN2OS/c14-7-9-1-3-10(4-2-9)17-13-16-11-8-15-6-5-12(11)18-13/h1-6,8H,7H2. The predicted octanol–water partition coefficient (Wildman–Crippen LogP) is 4.22. The molecule has 0 bridgehead atoms. The lowest BCUT2D eigenvalue weighted by molar-refractivity contribution is 0.480. The Morgan fingerprint density at radius 1 is 1.17 bits per heavy atom. The van der Waals surface area contributed by atoms with Crippen LogP contribution in [0.5, 0.6) is 10.9 Å². The highest BCUT2D eigenvalue weighted by atomic mass is 35.5. The summed E-state index contributed by atoms with van der Waals surface area (Å²) >= 11 is 7.24. The molecule has 90 valence electrons. The Labute approximate surface area is 113 Å². The molecule has 1 aromatic carbocycles. The fourth-order valence-electron chi connectivity index (χ4n) is 1.55. The van der Waals surface area contributed by atoms with Gasteiger partial charge in [-0.05, 0) is 23.8 Å². The molecule has 0 spiro atoms. The summed E-state index contributed by atoms with van der Waals surface area (Å²) in [7, 11) is 0. The number of thiazole rings is 1. The predicted molar refractivity (Wildman–Crippen MR) is 73.5 cm³/mol. The van der Waals surface area contributed by atoms with Gasteiger partial charge in [0.25, 0.3) is 5.19 Å². The van der Waals surface area contributed by atoms with Gasteiger partial charge in [0.05, 0.1) is 10.9 Å². The highest BCUT2D eigenvalue weighted by Gasteiger charge is 2.05. The quantitative estimate of drug-likeness (QED) is 0.672. The summed E-state index contributed by atoms with van der Waals surface area (Å²) in [6.45, 7) is 0. The van der Waals surface area contributed by atoms with Crippen molar-refractivity contribution in [2.75, 3.05) is 0 Å². The van der Waals surface area contributed by atoms with Gasteiger partial charge < -0.3 is 4.74 Å². The number of benzene rings is 1. The van der Waals surface area contributed by atoms with E-state index in [2.05, 4.69) is 9.97 Å². The van der Waals surface area contributed by atoms with E-state index in [-0.39, 0.29) is 0 Å². The Morgan fingerprint density at radius 2 is 2.00 bits per heavy atom. The molecule has 0 aliphatic rings. The van der Waals surface area contributed by atoms with Crippen molar-refractivity contribution < 1.29 is 4.74 Å². The van der Waals surface area contributed by atoms with Crippen molar-refractivity contribution in [3.05, 3.63) is 48.3 Å². The second kappa shape index (κ2) is 4.92. The lowest BCUT2D eigenvalue weighted by Gasteiger charge is -2.01. The zero-order valence-corrected chi connectivity index (χ0v) is 10.9. The van der Waals surface area contributed by atoms with Crippen LogP contribution in [0.4, 0.5) is 0 Å². The van der Waals surface area contributed by atoms with Crippen molar-refractivity contribution in [2.45, 2.75) is 5.88 Å². The lowest BCUT2D eigenvalue weighted by Crippen LogP contribution is -1.83. The van der Waals surface area contributed by atoms with Gasteiger partial charge in [-0.25, -0.2) is 4.98 Å². The minimum absolute atomic E-state index is 0.507. The number of hydrogen-bond acceptors (Lipinski definition) is 4. The summed E-state index contributed by atoms with van der Waals surface area (Å²) in [6.07, 6.45) is 3.48. The fraction of sp³-hybridized carbons (Fsp3) is 0.0769. The summed E-state index contributed by atoms with van der Waals surface area (Å²) in [4.78, 5) is 8.39. The van der Waals surface area contributed by atoms with Gasteiger partial charge >= 0.3 is 0 Å². The van der Waals surface area contributed by atoms with Crippen LogP contribution in [0.2, 0.25) is 0 Å². The van der Waals surface area contributed by atoms with Crippen molar-refractivity contribution in [3.8, 4) is 10.9 Å². The van der Waals surface area contributed by atoms with Gasteiger partial charge in [-0.2, -0.15) is 0 Å². The second-order valence-corrected chi connectivity index (χ2v) is 4.96. The minimum atomic E-state index is 0.507. The molecule has 0 unspecified atom stereocenters. The van der Waals surface area contributed by atoms with Gasteiger partial charge in [-0.3, -0.25) is 4.98 Å². The highest BCUT2D eigenvalue weighted by molar-refractivity contribution is 7.20. The third-order valence-electron chi connectivity index (χ3n) is 2.45. The Bertz CT molecular complexity index is 633. The number of ether oxygens (including phenoxy) is 1. The maximum atomic E-state index is 5.73. The smallest absolute Gasteiger partial charge is 0.279 e. The number of halogens is 1. The first-order valence-corrected chi connectivity index (χ1v) is 6.73. The average Bonchev–Trinajstić information content (AvgIpc) is 2.82. The van der Waals surface area contributed by atoms with Crippen molar-refractivity contribution >= 4 is 33.2 Å². The highest BCUT2D eigenvalue weighted by Crippen LogP contribution is 2.30. The van der Waals surface area contributed by atoms with Crippen molar-refractivity contribution in [1.82, 2.24) is 9.97 Å². The molecule has 0 fully saturated rings. The lowest BCUT2D eigenvalue weighted by atomic mass is 10.2. The second-order valence-electron chi connectivity index (χ2n) is 3.70. The molecule has 2 heterocycles.